The van der Waals surface area contributed by atoms with Crippen LogP contribution < -0.4 is 5.73 Å². The van der Waals surface area contributed by atoms with Crippen LogP contribution in [0.4, 0.5) is 13.2 Å². The minimum absolute atomic E-state index is 0.0638. The third-order valence-electron chi connectivity index (χ3n) is 3.95. The van der Waals surface area contributed by atoms with E-state index in [4.69, 9.17) is 5.73 Å². The fourth-order valence-corrected chi connectivity index (χ4v) is 2.94. The summed E-state index contributed by atoms with van der Waals surface area (Å²) >= 11 is 0. The second kappa shape index (κ2) is 4.26. The van der Waals surface area contributed by atoms with Gasteiger partial charge >= 0.3 is 6.18 Å². The molecule has 3 nitrogen and oxygen atoms in total. The molecule has 1 aliphatic rings. The lowest BCUT2D eigenvalue weighted by molar-refractivity contribution is -0.177. The Kier molecular flexibility index (Phi) is 2.77. The summed E-state index contributed by atoms with van der Waals surface area (Å²) in [5, 5.41) is 0.803. The van der Waals surface area contributed by atoms with E-state index < -0.39 is 18.0 Å². The molecule has 1 unspecified atom stereocenters. The van der Waals surface area contributed by atoms with Gasteiger partial charge in [0.1, 0.15) is 0 Å². The van der Waals surface area contributed by atoms with Crippen molar-refractivity contribution in [1.82, 2.24) is 4.98 Å². The van der Waals surface area contributed by atoms with Crippen LogP contribution in [0, 0.1) is 5.92 Å². The molecule has 0 spiro atoms. The SMILES string of the molecule is NC(=O)c1cccc2c3c([nH]c12)CC(C(F)(F)F)CC3. The number of alkyl halides is 3. The standard InChI is InChI=1S/C14H13F3N2O/c15-14(16,17)7-4-5-8-9-2-1-3-10(13(18)20)12(9)19-11(8)6-7/h1-3,7,19H,4-6H2,(H2,18,20). The van der Waals surface area contributed by atoms with Crippen LogP contribution >= 0.6 is 0 Å². The second-order valence-electron chi connectivity index (χ2n) is 5.16. The van der Waals surface area contributed by atoms with E-state index in [1.807, 2.05) is 6.07 Å². The zero-order valence-electron chi connectivity index (χ0n) is 10.6. The average Bonchev–Trinajstić information content (AvgIpc) is 2.74. The highest BCUT2D eigenvalue weighted by atomic mass is 19.4. The number of H-pyrrole nitrogens is 1. The van der Waals surface area contributed by atoms with Crippen LogP contribution in [0.25, 0.3) is 10.9 Å². The molecule has 1 aromatic carbocycles. The molecule has 2 aromatic rings. The van der Waals surface area contributed by atoms with Crippen molar-refractivity contribution in [2.24, 2.45) is 11.7 Å². The minimum atomic E-state index is -4.18. The quantitative estimate of drug-likeness (QED) is 0.830. The van der Waals surface area contributed by atoms with Gasteiger partial charge in [-0.05, 0) is 30.9 Å². The molecule has 0 radical (unpaired) electrons. The third-order valence-corrected chi connectivity index (χ3v) is 3.95. The number of hydrogen-bond acceptors (Lipinski definition) is 1. The number of fused-ring (bicyclic) bond motifs is 3. The van der Waals surface area contributed by atoms with Gasteiger partial charge in [-0.3, -0.25) is 4.79 Å². The summed E-state index contributed by atoms with van der Waals surface area (Å²) < 4.78 is 38.4. The number of carbonyl (C=O) groups excluding carboxylic acids is 1. The molecule has 0 aliphatic heterocycles. The molecule has 1 aromatic heterocycles. The normalized spacial score (nSPS) is 19.1. The molecule has 1 heterocycles. The predicted molar refractivity (Wildman–Crippen MR) is 68.4 cm³/mol. The minimum Gasteiger partial charge on any atom is -0.366 e. The molecule has 3 rings (SSSR count). The fraction of sp³-hybridized carbons (Fsp3) is 0.357. The van der Waals surface area contributed by atoms with E-state index in [1.165, 1.54) is 0 Å². The van der Waals surface area contributed by atoms with Gasteiger partial charge in [0.25, 0.3) is 5.91 Å². The van der Waals surface area contributed by atoms with Crippen LogP contribution in [-0.2, 0) is 12.8 Å². The summed E-state index contributed by atoms with van der Waals surface area (Å²) in [4.78, 5) is 14.3. The zero-order chi connectivity index (χ0) is 14.5. The van der Waals surface area contributed by atoms with Crippen molar-refractivity contribution in [3.05, 3.63) is 35.0 Å². The van der Waals surface area contributed by atoms with E-state index in [1.54, 1.807) is 12.1 Å². The van der Waals surface area contributed by atoms with Gasteiger partial charge < -0.3 is 10.7 Å². The number of hydrogen-bond donors (Lipinski definition) is 2. The number of nitrogens with two attached hydrogens (primary N) is 1. The largest absolute Gasteiger partial charge is 0.392 e. The van der Waals surface area contributed by atoms with Crippen molar-refractivity contribution in [3.8, 4) is 0 Å². The Bertz CT molecular complexity index is 688. The summed E-state index contributed by atoms with van der Waals surface area (Å²) in [6.07, 6.45) is -3.79. The van der Waals surface area contributed by atoms with Gasteiger partial charge in [0, 0.05) is 11.1 Å². The Labute approximate surface area is 113 Å². The Morgan fingerprint density at radius 1 is 1.35 bits per heavy atom. The highest BCUT2D eigenvalue weighted by molar-refractivity contribution is 6.06. The second-order valence-corrected chi connectivity index (χ2v) is 5.16. The summed E-state index contributed by atoms with van der Waals surface area (Å²) in [5.74, 6) is -1.90. The summed E-state index contributed by atoms with van der Waals surface area (Å²) in [6, 6.07) is 5.09. The van der Waals surface area contributed by atoms with Crippen LogP contribution in [0.3, 0.4) is 0 Å². The molecule has 0 saturated heterocycles. The van der Waals surface area contributed by atoms with E-state index >= 15 is 0 Å². The summed E-state index contributed by atoms with van der Waals surface area (Å²) in [6.45, 7) is 0. The Hall–Kier alpha value is -1.98. The van der Waals surface area contributed by atoms with Gasteiger partial charge in [-0.2, -0.15) is 13.2 Å². The van der Waals surface area contributed by atoms with Crippen molar-refractivity contribution >= 4 is 16.8 Å². The first-order valence-corrected chi connectivity index (χ1v) is 6.37. The molecule has 1 amide bonds. The molecule has 20 heavy (non-hydrogen) atoms. The molecule has 3 N–H and O–H groups in total. The van der Waals surface area contributed by atoms with Crippen LogP contribution in [0.15, 0.2) is 18.2 Å². The van der Waals surface area contributed by atoms with Crippen LogP contribution in [0.2, 0.25) is 0 Å². The van der Waals surface area contributed by atoms with Gasteiger partial charge in [0.15, 0.2) is 0 Å². The first-order chi connectivity index (χ1) is 9.38. The number of benzene rings is 1. The number of nitrogens with one attached hydrogen (secondary N) is 1. The molecule has 0 fully saturated rings. The van der Waals surface area contributed by atoms with E-state index in [9.17, 15) is 18.0 Å². The number of rotatable bonds is 1. The van der Waals surface area contributed by atoms with Crippen LogP contribution in [0.5, 0.6) is 0 Å². The Morgan fingerprint density at radius 3 is 2.75 bits per heavy atom. The average molecular weight is 282 g/mol. The van der Waals surface area contributed by atoms with E-state index in [-0.39, 0.29) is 12.8 Å². The highest BCUT2D eigenvalue weighted by Crippen LogP contribution is 2.39. The predicted octanol–water partition coefficient (Wildman–Crippen LogP) is 2.93. The Morgan fingerprint density at radius 2 is 2.10 bits per heavy atom. The van der Waals surface area contributed by atoms with Gasteiger partial charge in [-0.1, -0.05) is 12.1 Å². The number of carbonyl (C=O) groups is 1. The lowest BCUT2D eigenvalue weighted by Gasteiger charge is -2.24. The van der Waals surface area contributed by atoms with Crippen LogP contribution in [0.1, 0.15) is 28.0 Å². The maximum absolute atomic E-state index is 12.8. The van der Waals surface area contributed by atoms with Crippen molar-refractivity contribution in [2.45, 2.75) is 25.4 Å². The van der Waals surface area contributed by atoms with Crippen molar-refractivity contribution in [2.75, 3.05) is 0 Å². The smallest absolute Gasteiger partial charge is 0.366 e. The first-order valence-electron chi connectivity index (χ1n) is 6.37. The zero-order valence-corrected chi connectivity index (χ0v) is 10.6. The van der Waals surface area contributed by atoms with Gasteiger partial charge in [0.05, 0.1) is 17.0 Å². The maximum atomic E-state index is 12.8. The molecule has 1 aliphatic carbocycles. The van der Waals surface area contributed by atoms with Gasteiger partial charge in [0.2, 0.25) is 0 Å². The van der Waals surface area contributed by atoms with Crippen molar-refractivity contribution in [1.29, 1.82) is 0 Å². The number of aryl methyl sites for hydroxylation is 1. The fourth-order valence-electron chi connectivity index (χ4n) is 2.94. The van der Waals surface area contributed by atoms with Gasteiger partial charge in [-0.25, -0.2) is 0 Å². The number of para-hydroxylation sites is 1. The van der Waals surface area contributed by atoms with Crippen molar-refractivity contribution < 1.29 is 18.0 Å². The third kappa shape index (κ3) is 1.95. The monoisotopic (exact) mass is 282 g/mol. The molecule has 1 atom stereocenters. The number of halogens is 3. The maximum Gasteiger partial charge on any atom is 0.392 e. The summed E-state index contributed by atoms with van der Waals surface area (Å²) in [5.41, 5.74) is 7.61. The molecule has 6 heteroatoms. The molecule has 106 valence electrons. The van der Waals surface area contributed by atoms with E-state index in [2.05, 4.69) is 4.98 Å². The first kappa shape index (κ1) is 13.0. The van der Waals surface area contributed by atoms with E-state index in [0.29, 0.717) is 23.2 Å². The topological polar surface area (TPSA) is 58.9 Å². The molecular formula is C14H13F3N2O. The summed E-state index contributed by atoms with van der Waals surface area (Å²) in [7, 11) is 0. The van der Waals surface area contributed by atoms with Crippen molar-refractivity contribution in [3.63, 3.8) is 0 Å². The number of aromatic amines is 1. The lowest BCUT2D eigenvalue weighted by atomic mass is 9.86. The molecule has 0 bridgehead atoms. The number of aromatic nitrogens is 1. The lowest BCUT2D eigenvalue weighted by Crippen LogP contribution is -2.28. The van der Waals surface area contributed by atoms with Gasteiger partial charge in [-0.15, -0.1) is 0 Å². The molecule has 0 saturated carbocycles. The number of amides is 1. The van der Waals surface area contributed by atoms with Crippen LogP contribution in [-0.4, -0.2) is 17.1 Å². The van der Waals surface area contributed by atoms with E-state index in [0.717, 1.165) is 10.9 Å². The Balaban J connectivity index is 2.11. The number of primary amides is 1. The molecular weight excluding hydrogens is 269 g/mol. The highest BCUT2D eigenvalue weighted by Gasteiger charge is 2.42.